The maximum atomic E-state index is 12.4. The first-order chi connectivity index (χ1) is 11.2. The van der Waals surface area contributed by atoms with Crippen LogP contribution in [0.3, 0.4) is 0 Å². The highest BCUT2D eigenvalue weighted by molar-refractivity contribution is 8.14. The Morgan fingerprint density at radius 3 is 2.54 bits per heavy atom. The molecule has 0 aromatic rings. The lowest BCUT2D eigenvalue weighted by molar-refractivity contribution is -0.107. The molecule has 1 fully saturated rings. The number of aliphatic hydroxyl groups excluding tert-OH is 1. The topological polar surface area (TPSA) is 58.6 Å². The molecule has 136 valence electrons. The molecule has 0 heterocycles. The highest BCUT2D eigenvalue weighted by Crippen LogP contribution is 2.32. The Morgan fingerprint density at radius 1 is 1.33 bits per heavy atom. The van der Waals surface area contributed by atoms with Crippen LogP contribution in [-0.2, 0) is 9.53 Å². The van der Waals surface area contributed by atoms with Crippen molar-refractivity contribution in [1.29, 1.82) is 0 Å². The van der Waals surface area contributed by atoms with Crippen molar-refractivity contribution in [3.8, 4) is 0 Å². The van der Waals surface area contributed by atoms with Crippen molar-refractivity contribution in [2.75, 3.05) is 0 Å². The summed E-state index contributed by atoms with van der Waals surface area (Å²) in [6.07, 6.45) is 7.21. The first kappa shape index (κ1) is 20.8. The van der Waals surface area contributed by atoms with Crippen molar-refractivity contribution >= 4 is 16.9 Å². The Kier molecular flexibility index (Phi) is 8.10. The van der Waals surface area contributed by atoms with Gasteiger partial charge in [-0.05, 0) is 60.5 Å². The molecule has 4 nitrogen and oxygen atoms in total. The third kappa shape index (κ3) is 7.14. The molecular weight excluding hydrogens is 322 g/mol. The Morgan fingerprint density at radius 2 is 2.00 bits per heavy atom. The average Bonchev–Trinajstić information content (AvgIpc) is 2.46. The van der Waals surface area contributed by atoms with Crippen LogP contribution in [0.2, 0.25) is 0 Å². The van der Waals surface area contributed by atoms with Gasteiger partial charge in [0, 0.05) is 16.9 Å². The molecule has 0 saturated heterocycles. The Balaban J connectivity index is 2.62. The molecule has 0 aliphatic heterocycles. The minimum absolute atomic E-state index is 0.00469. The molecule has 1 rings (SSSR count). The minimum Gasteiger partial charge on any atom is -0.474 e. The van der Waals surface area contributed by atoms with Crippen LogP contribution in [0.5, 0.6) is 0 Å². The van der Waals surface area contributed by atoms with E-state index in [0.29, 0.717) is 24.3 Å². The van der Waals surface area contributed by atoms with Crippen LogP contribution in [0, 0.1) is 0 Å². The number of ether oxygens (including phenoxy) is 1. The van der Waals surface area contributed by atoms with Crippen molar-refractivity contribution in [2.45, 2.75) is 76.9 Å². The molecule has 5 heteroatoms. The Hall–Kier alpha value is -1.20. The van der Waals surface area contributed by atoms with E-state index < -0.39 is 6.10 Å². The first-order valence-corrected chi connectivity index (χ1v) is 9.36. The van der Waals surface area contributed by atoms with Crippen molar-refractivity contribution in [2.24, 2.45) is 0 Å². The van der Waals surface area contributed by atoms with Gasteiger partial charge in [-0.3, -0.25) is 4.79 Å². The summed E-state index contributed by atoms with van der Waals surface area (Å²) < 4.78 is 5.71. The van der Waals surface area contributed by atoms with E-state index in [9.17, 15) is 9.90 Å². The Bertz CT molecular complexity index is 505. The van der Waals surface area contributed by atoms with E-state index in [0.717, 1.165) is 6.42 Å². The van der Waals surface area contributed by atoms with Gasteiger partial charge >= 0.3 is 0 Å². The molecule has 3 atom stereocenters. The van der Waals surface area contributed by atoms with E-state index >= 15 is 0 Å². The lowest BCUT2D eigenvalue weighted by Gasteiger charge is -2.34. The zero-order chi connectivity index (χ0) is 18.3. The van der Waals surface area contributed by atoms with E-state index in [2.05, 4.69) is 11.9 Å². The van der Waals surface area contributed by atoms with Crippen LogP contribution in [0.4, 0.5) is 0 Å². The summed E-state index contributed by atoms with van der Waals surface area (Å²) in [5.41, 5.74) is 0.376. The van der Waals surface area contributed by atoms with Gasteiger partial charge in [-0.1, -0.05) is 30.0 Å². The second-order valence-corrected chi connectivity index (χ2v) is 8.26. The minimum atomic E-state index is -0.461. The molecule has 0 bridgehead atoms. The lowest BCUT2D eigenvalue weighted by atomic mass is 9.92. The number of carbonyl (C=O) groups is 1. The van der Waals surface area contributed by atoms with Gasteiger partial charge in [0.25, 0.3) is 0 Å². The number of thioether (sulfide) groups is 1. The van der Waals surface area contributed by atoms with Gasteiger partial charge in [0.15, 0.2) is 5.88 Å². The summed E-state index contributed by atoms with van der Waals surface area (Å²) in [4.78, 5) is 12.4. The van der Waals surface area contributed by atoms with Crippen molar-refractivity contribution < 1.29 is 14.6 Å². The monoisotopic (exact) mass is 353 g/mol. The van der Waals surface area contributed by atoms with Crippen LogP contribution in [-0.4, -0.2) is 33.2 Å². The van der Waals surface area contributed by atoms with E-state index in [1.807, 2.05) is 40.7 Å². The van der Waals surface area contributed by atoms with Gasteiger partial charge in [0.1, 0.15) is 5.60 Å². The summed E-state index contributed by atoms with van der Waals surface area (Å²) in [5, 5.41) is 13.4. The molecular formula is C19H31NO3S. The number of allylic oxidation sites excluding steroid dienone is 3. The fourth-order valence-corrected chi connectivity index (χ4v) is 3.88. The standard InChI is InChI=1S/C19H31NO3S/c1-7-9-14(8-2)18(22)24-17-12-15(10-11-16(17)21)20-13(3)23-19(4,5)6/h7-9,15-17,20-21H,3,10-12H2,1-2,4-6H3/b9-7-,14-8+/t15-,16+,17?/m1/s1. The fourth-order valence-electron chi connectivity index (χ4n) is 2.66. The average molecular weight is 354 g/mol. The zero-order valence-electron chi connectivity index (χ0n) is 15.5. The number of hydrogen-bond acceptors (Lipinski definition) is 5. The maximum Gasteiger partial charge on any atom is 0.219 e. The van der Waals surface area contributed by atoms with Gasteiger partial charge in [-0.2, -0.15) is 0 Å². The van der Waals surface area contributed by atoms with E-state index in [-0.39, 0.29) is 22.0 Å². The Labute approximate surface area is 150 Å². The quantitative estimate of drug-likeness (QED) is 0.430. The van der Waals surface area contributed by atoms with Gasteiger partial charge in [0.05, 0.1) is 6.10 Å². The second-order valence-electron chi connectivity index (χ2n) is 7.05. The number of rotatable bonds is 6. The molecule has 0 aromatic carbocycles. The molecule has 0 radical (unpaired) electrons. The smallest absolute Gasteiger partial charge is 0.219 e. The number of carbonyl (C=O) groups excluding carboxylic acids is 1. The summed E-state index contributed by atoms with van der Waals surface area (Å²) in [6.45, 7) is 13.6. The van der Waals surface area contributed by atoms with Crippen LogP contribution in [0.15, 0.2) is 36.3 Å². The number of aliphatic hydroxyl groups is 1. The summed E-state index contributed by atoms with van der Waals surface area (Å²) >= 11 is 1.23. The molecule has 1 saturated carbocycles. The van der Waals surface area contributed by atoms with Gasteiger partial charge in [-0.15, -0.1) is 0 Å². The third-order valence-corrected chi connectivity index (χ3v) is 4.96. The fraction of sp³-hybridized carbons (Fsp3) is 0.632. The predicted molar refractivity (Wildman–Crippen MR) is 102 cm³/mol. The van der Waals surface area contributed by atoms with Crippen LogP contribution >= 0.6 is 11.8 Å². The van der Waals surface area contributed by atoms with Crippen molar-refractivity contribution in [3.63, 3.8) is 0 Å². The molecule has 0 amide bonds. The van der Waals surface area contributed by atoms with E-state index in [4.69, 9.17) is 4.74 Å². The maximum absolute atomic E-state index is 12.4. The summed E-state index contributed by atoms with van der Waals surface area (Å²) in [6, 6.07) is 0.157. The normalized spacial score (nSPS) is 25.6. The molecule has 24 heavy (non-hydrogen) atoms. The molecule has 2 N–H and O–H groups in total. The summed E-state index contributed by atoms with van der Waals surface area (Å²) in [5.74, 6) is 0.544. The summed E-state index contributed by atoms with van der Waals surface area (Å²) in [7, 11) is 0. The van der Waals surface area contributed by atoms with Gasteiger partial charge in [-0.25, -0.2) is 0 Å². The van der Waals surface area contributed by atoms with Crippen LogP contribution < -0.4 is 5.32 Å². The molecule has 1 unspecified atom stereocenters. The number of nitrogens with one attached hydrogen (secondary N) is 1. The highest BCUT2D eigenvalue weighted by atomic mass is 32.2. The molecule has 1 aliphatic carbocycles. The molecule has 0 spiro atoms. The highest BCUT2D eigenvalue weighted by Gasteiger charge is 2.32. The molecule has 0 aromatic heterocycles. The largest absolute Gasteiger partial charge is 0.474 e. The van der Waals surface area contributed by atoms with Gasteiger partial charge in [0.2, 0.25) is 5.12 Å². The SMILES string of the molecule is C=C(N[C@@H]1CC[C@H](O)C(SC(=O)C(/C=C\C)=C/C)C1)OC(C)(C)C. The van der Waals surface area contributed by atoms with Crippen LogP contribution in [0.25, 0.3) is 0 Å². The molecule has 1 aliphatic rings. The predicted octanol–water partition coefficient (Wildman–Crippen LogP) is 3.93. The van der Waals surface area contributed by atoms with E-state index in [1.165, 1.54) is 11.8 Å². The van der Waals surface area contributed by atoms with Crippen LogP contribution in [0.1, 0.15) is 53.9 Å². The number of hydrogen-bond donors (Lipinski definition) is 2. The van der Waals surface area contributed by atoms with E-state index in [1.54, 1.807) is 12.2 Å². The zero-order valence-corrected chi connectivity index (χ0v) is 16.3. The third-order valence-electron chi connectivity index (χ3n) is 3.70. The van der Waals surface area contributed by atoms with Crippen molar-refractivity contribution in [1.82, 2.24) is 5.32 Å². The first-order valence-electron chi connectivity index (χ1n) is 8.48. The second kappa shape index (κ2) is 9.33. The van der Waals surface area contributed by atoms with Gasteiger partial charge < -0.3 is 15.2 Å². The van der Waals surface area contributed by atoms with Crippen molar-refractivity contribution in [3.05, 3.63) is 36.3 Å². The lowest BCUT2D eigenvalue weighted by Crippen LogP contribution is -2.42.